The van der Waals surface area contributed by atoms with Crippen LogP contribution in [0.5, 0.6) is 0 Å². The predicted octanol–water partition coefficient (Wildman–Crippen LogP) is 2.82. The Labute approximate surface area is 107 Å². The van der Waals surface area contributed by atoms with Crippen LogP contribution in [0.15, 0.2) is 28.8 Å². The number of aromatic nitrogens is 2. The molecular formula is C12H12F3N3O. The molecule has 1 aromatic heterocycles. The first-order chi connectivity index (χ1) is 8.91. The van der Waals surface area contributed by atoms with Crippen LogP contribution >= 0.6 is 0 Å². The maximum atomic E-state index is 12.4. The lowest BCUT2D eigenvalue weighted by Crippen LogP contribution is -2.10. The third kappa shape index (κ3) is 2.93. The van der Waals surface area contributed by atoms with Crippen molar-refractivity contribution in [3.05, 3.63) is 35.7 Å². The van der Waals surface area contributed by atoms with Gasteiger partial charge in [-0.1, -0.05) is 12.1 Å². The van der Waals surface area contributed by atoms with Gasteiger partial charge in [-0.3, -0.25) is 0 Å². The normalized spacial score (nSPS) is 13.5. The van der Waals surface area contributed by atoms with Crippen molar-refractivity contribution < 1.29 is 17.7 Å². The molecule has 2 aromatic rings. The SMILES string of the molecule is CC(CN)c1noc(-c2ccc(C(F)(F)F)cc2)n1. The second-order valence-corrected chi connectivity index (χ2v) is 4.17. The number of rotatable bonds is 3. The maximum absolute atomic E-state index is 12.4. The molecule has 0 aliphatic carbocycles. The highest BCUT2D eigenvalue weighted by Gasteiger charge is 2.30. The zero-order valence-corrected chi connectivity index (χ0v) is 10.1. The fraction of sp³-hybridized carbons (Fsp3) is 0.333. The summed E-state index contributed by atoms with van der Waals surface area (Å²) in [4.78, 5) is 4.10. The van der Waals surface area contributed by atoms with E-state index in [1.165, 1.54) is 12.1 Å². The van der Waals surface area contributed by atoms with Gasteiger partial charge in [0.05, 0.1) is 5.56 Å². The molecule has 102 valence electrons. The highest BCUT2D eigenvalue weighted by atomic mass is 19.4. The number of alkyl halides is 3. The lowest BCUT2D eigenvalue weighted by molar-refractivity contribution is -0.137. The molecule has 1 heterocycles. The molecule has 0 aliphatic heterocycles. The summed E-state index contributed by atoms with van der Waals surface area (Å²) < 4.78 is 42.2. The number of hydrogen-bond acceptors (Lipinski definition) is 4. The van der Waals surface area contributed by atoms with Crippen molar-refractivity contribution >= 4 is 0 Å². The van der Waals surface area contributed by atoms with Gasteiger partial charge in [-0.25, -0.2) is 0 Å². The van der Waals surface area contributed by atoms with Gasteiger partial charge in [0, 0.05) is 18.0 Å². The van der Waals surface area contributed by atoms with E-state index in [1.54, 1.807) is 0 Å². The van der Waals surface area contributed by atoms with E-state index in [2.05, 4.69) is 10.1 Å². The van der Waals surface area contributed by atoms with E-state index in [0.717, 1.165) is 12.1 Å². The molecule has 0 bridgehead atoms. The molecule has 0 saturated heterocycles. The molecular weight excluding hydrogens is 259 g/mol. The van der Waals surface area contributed by atoms with Crippen LogP contribution < -0.4 is 5.73 Å². The molecule has 0 saturated carbocycles. The third-order valence-corrected chi connectivity index (χ3v) is 2.70. The average Bonchev–Trinajstić information content (AvgIpc) is 2.86. The Morgan fingerprint density at radius 1 is 1.26 bits per heavy atom. The van der Waals surface area contributed by atoms with Gasteiger partial charge in [0.15, 0.2) is 5.82 Å². The largest absolute Gasteiger partial charge is 0.416 e. The molecule has 0 aliphatic rings. The standard InChI is InChI=1S/C12H12F3N3O/c1-7(6-16)10-17-11(19-18-10)8-2-4-9(5-3-8)12(13,14)15/h2-5,7H,6,16H2,1H3. The molecule has 4 nitrogen and oxygen atoms in total. The molecule has 0 amide bonds. The van der Waals surface area contributed by atoms with E-state index in [1.807, 2.05) is 6.92 Å². The minimum Gasteiger partial charge on any atom is -0.334 e. The smallest absolute Gasteiger partial charge is 0.334 e. The van der Waals surface area contributed by atoms with Crippen molar-refractivity contribution in [1.82, 2.24) is 10.1 Å². The van der Waals surface area contributed by atoms with E-state index >= 15 is 0 Å². The summed E-state index contributed by atoms with van der Waals surface area (Å²) in [5.41, 5.74) is 5.20. The summed E-state index contributed by atoms with van der Waals surface area (Å²) in [6.07, 6.45) is -4.35. The van der Waals surface area contributed by atoms with Crippen molar-refractivity contribution in [2.24, 2.45) is 5.73 Å². The van der Waals surface area contributed by atoms with Crippen molar-refractivity contribution in [2.45, 2.75) is 19.0 Å². The number of benzene rings is 1. The monoisotopic (exact) mass is 271 g/mol. The van der Waals surface area contributed by atoms with Gasteiger partial charge in [0.25, 0.3) is 5.89 Å². The van der Waals surface area contributed by atoms with E-state index in [4.69, 9.17) is 10.3 Å². The van der Waals surface area contributed by atoms with Crippen LogP contribution in [0.2, 0.25) is 0 Å². The first kappa shape index (κ1) is 13.5. The number of halogens is 3. The van der Waals surface area contributed by atoms with Crippen molar-refractivity contribution in [3.8, 4) is 11.5 Å². The zero-order chi connectivity index (χ0) is 14.0. The van der Waals surface area contributed by atoms with Crippen molar-refractivity contribution in [2.75, 3.05) is 6.54 Å². The second kappa shape index (κ2) is 5.00. The Bertz CT molecular complexity index is 548. The van der Waals surface area contributed by atoms with Crippen LogP contribution in [0.3, 0.4) is 0 Å². The highest BCUT2D eigenvalue weighted by Crippen LogP contribution is 2.30. The fourth-order valence-electron chi connectivity index (χ4n) is 1.46. The van der Waals surface area contributed by atoms with Crippen molar-refractivity contribution in [1.29, 1.82) is 0 Å². The molecule has 2 N–H and O–H groups in total. The minimum atomic E-state index is -4.35. The van der Waals surface area contributed by atoms with Crippen LogP contribution in [0.4, 0.5) is 13.2 Å². The Morgan fingerprint density at radius 3 is 2.42 bits per heavy atom. The summed E-state index contributed by atoms with van der Waals surface area (Å²) in [5.74, 6) is 0.563. The topological polar surface area (TPSA) is 64.9 Å². The molecule has 1 unspecified atom stereocenters. The van der Waals surface area contributed by atoms with E-state index < -0.39 is 11.7 Å². The van der Waals surface area contributed by atoms with Crippen LogP contribution in [-0.4, -0.2) is 16.7 Å². The minimum absolute atomic E-state index is 0.0630. The summed E-state index contributed by atoms with van der Waals surface area (Å²) in [6.45, 7) is 2.20. The molecule has 7 heteroatoms. The maximum Gasteiger partial charge on any atom is 0.416 e. The lowest BCUT2D eigenvalue weighted by Gasteiger charge is -2.05. The third-order valence-electron chi connectivity index (χ3n) is 2.70. The molecule has 19 heavy (non-hydrogen) atoms. The molecule has 0 radical (unpaired) electrons. The van der Waals surface area contributed by atoms with Gasteiger partial charge in [0.2, 0.25) is 0 Å². The molecule has 2 rings (SSSR count). The molecule has 1 aromatic carbocycles. The van der Waals surface area contributed by atoms with Gasteiger partial charge >= 0.3 is 6.18 Å². The zero-order valence-electron chi connectivity index (χ0n) is 10.1. The molecule has 0 spiro atoms. The Kier molecular flexibility index (Phi) is 3.57. The summed E-state index contributed by atoms with van der Waals surface area (Å²) >= 11 is 0. The van der Waals surface area contributed by atoms with E-state index in [9.17, 15) is 13.2 Å². The highest BCUT2D eigenvalue weighted by molar-refractivity contribution is 5.53. The Balaban J connectivity index is 2.25. The predicted molar refractivity (Wildman–Crippen MR) is 62.2 cm³/mol. The van der Waals surface area contributed by atoms with Crippen LogP contribution in [-0.2, 0) is 6.18 Å². The summed E-state index contributed by atoms with van der Waals surface area (Å²) in [7, 11) is 0. The van der Waals surface area contributed by atoms with E-state index in [-0.39, 0.29) is 11.8 Å². The first-order valence-electron chi connectivity index (χ1n) is 5.63. The van der Waals surface area contributed by atoms with Crippen molar-refractivity contribution in [3.63, 3.8) is 0 Å². The Hall–Kier alpha value is -1.89. The quantitative estimate of drug-likeness (QED) is 0.932. The summed E-state index contributed by atoms with van der Waals surface area (Å²) in [6, 6.07) is 4.55. The number of nitrogens with two attached hydrogens (primary N) is 1. The summed E-state index contributed by atoms with van der Waals surface area (Å²) in [5, 5.41) is 3.75. The van der Waals surface area contributed by atoms with Gasteiger partial charge in [-0.2, -0.15) is 18.2 Å². The van der Waals surface area contributed by atoms with Crippen LogP contribution in [0, 0.1) is 0 Å². The first-order valence-corrected chi connectivity index (χ1v) is 5.63. The number of nitrogens with zero attached hydrogens (tertiary/aromatic N) is 2. The Morgan fingerprint density at radius 2 is 1.89 bits per heavy atom. The lowest BCUT2D eigenvalue weighted by atomic mass is 10.1. The van der Waals surface area contributed by atoms with Crippen LogP contribution in [0.25, 0.3) is 11.5 Å². The van der Waals surface area contributed by atoms with Crippen LogP contribution in [0.1, 0.15) is 24.2 Å². The fourth-order valence-corrected chi connectivity index (χ4v) is 1.46. The van der Waals surface area contributed by atoms with Gasteiger partial charge in [-0.05, 0) is 24.3 Å². The van der Waals surface area contributed by atoms with Gasteiger partial charge in [0.1, 0.15) is 0 Å². The van der Waals surface area contributed by atoms with E-state index in [0.29, 0.717) is 17.9 Å². The number of hydrogen-bond donors (Lipinski definition) is 1. The average molecular weight is 271 g/mol. The molecule has 0 fully saturated rings. The van der Waals surface area contributed by atoms with Gasteiger partial charge < -0.3 is 10.3 Å². The van der Waals surface area contributed by atoms with Gasteiger partial charge in [-0.15, -0.1) is 0 Å². The second-order valence-electron chi connectivity index (χ2n) is 4.17. The molecule has 1 atom stereocenters.